The highest BCUT2D eigenvalue weighted by molar-refractivity contribution is 9.11. The van der Waals surface area contributed by atoms with Gasteiger partial charge in [0.25, 0.3) is 0 Å². The largest absolute Gasteiger partial charge is 0.481 e. The van der Waals surface area contributed by atoms with Crippen LogP contribution in [0.4, 0.5) is 10.5 Å². The molecule has 0 bridgehead atoms. The predicted octanol–water partition coefficient (Wildman–Crippen LogP) is 5.53. The molecule has 1 unspecified atom stereocenters. The first-order valence-corrected chi connectivity index (χ1v) is 12.0. The van der Waals surface area contributed by atoms with Crippen LogP contribution in [0.5, 0.6) is 0 Å². The van der Waals surface area contributed by atoms with Crippen LogP contribution in [0.15, 0.2) is 75.7 Å². The molecule has 3 aromatic carbocycles. The minimum Gasteiger partial charge on any atom is -0.481 e. The van der Waals surface area contributed by atoms with E-state index in [4.69, 9.17) is 4.74 Å². The normalized spacial score (nSPS) is 12.9. The van der Waals surface area contributed by atoms with Gasteiger partial charge >= 0.3 is 12.1 Å². The van der Waals surface area contributed by atoms with E-state index in [1.807, 2.05) is 48.5 Å². The number of carboxylic acids is 1. The number of carbonyl (C=O) groups excluding carboxylic acids is 2. The zero-order chi connectivity index (χ0) is 24.2. The Labute approximate surface area is 212 Å². The molecule has 0 fully saturated rings. The molecule has 34 heavy (non-hydrogen) atoms. The molecule has 0 saturated carbocycles. The second-order valence-corrected chi connectivity index (χ2v) is 9.60. The van der Waals surface area contributed by atoms with E-state index in [0.29, 0.717) is 5.69 Å². The summed E-state index contributed by atoms with van der Waals surface area (Å²) in [5, 5.41) is 14.3. The number of halogens is 2. The number of nitrogens with one attached hydrogen (secondary N) is 2. The Kier molecular flexibility index (Phi) is 7.33. The number of aliphatic carboxylic acids is 1. The van der Waals surface area contributed by atoms with Gasteiger partial charge in [-0.3, -0.25) is 9.59 Å². The summed E-state index contributed by atoms with van der Waals surface area (Å²) in [6.45, 7) is 0.0554. The maximum atomic E-state index is 12.7. The second kappa shape index (κ2) is 10.4. The summed E-state index contributed by atoms with van der Waals surface area (Å²) in [5.74, 6) is -2.04. The lowest BCUT2D eigenvalue weighted by Gasteiger charge is -2.19. The van der Waals surface area contributed by atoms with Crippen LogP contribution in [0.2, 0.25) is 0 Å². The SMILES string of the molecule is O=C(O)CC(NC(=O)OCC1c2ccccc2-c2ccccc21)C(=O)Nc1cc(Br)cc(Br)c1. The van der Waals surface area contributed by atoms with E-state index in [9.17, 15) is 19.5 Å². The van der Waals surface area contributed by atoms with Crippen LogP contribution in [0.1, 0.15) is 23.5 Å². The summed E-state index contributed by atoms with van der Waals surface area (Å²) in [5.41, 5.74) is 4.73. The van der Waals surface area contributed by atoms with Crippen LogP contribution in [0, 0.1) is 0 Å². The van der Waals surface area contributed by atoms with Crippen molar-refractivity contribution in [3.8, 4) is 11.1 Å². The topological polar surface area (TPSA) is 105 Å². The molecule has 0 aromatic heterocycles. The number of benzene rings is 3. The molecule has 3 N–H and O–H groups in total. The maximum Gasteiger partial charge on any atom is 0.407 e. The molecule has 1 aliphatic carbocycles. The molecule has 4 rings (SSSR count). The highest BCUT2D eigenvalue weighted by Crippen LogP contribution is 2.44. The van der Waals surface area contributed by atoms with Gasteiger partial charge in [0, 0.05) is 20.6 Å². The molecule has 0 spiro atoms. The summed E-state index contributed by atoms with van der Waals surface area (Å²) < 4.78 is 6.89. The van der Waals surface area contributed by atoms with Crippen molar-refractivity contribution in [3.05, 3.63) is 86.8 Å². The molecule has 1 atom stereocenters. The number of alkyl carbamates (subject to hydrolysis) is 1. The van der Waals surface area contributed by atoms with Crippen LogP contribution in [0.25, 0.3) is 11.1 Å². The van der Waals surface area contributed by atoms with E-state index in [1.54, 1.807) is 18.2 Å². The Morgan fingerprint density at radius 3 is 2.03 bits per heavy atom. The fraction of sp³-hybridized carbons (Fsp3) is 0.160. The lowest BCUT2D eigenvalue weighted by atomic mass is 9.98. The molecule has 0 heterocycles. The molecule has 0 radical (unpaired) electrons. The van der Waals surface area contributed by atoms with E-state index < -0.39 is 30.4 Å². The third-order valence-electron chi connectivity index (χ3n) is 5.46. The molecular weight excluding hydrogens is 568 g/mol. The van der Waals surface area contributed by atoms with Gasteiger partial charge in [-0.2, -0.15) is 0 Å². The molecular formula is C25H20Br2N2O5. The first-order chi connectivity index (χ1) is 16.3. The molecule has 2 amide bonds. The molecule has 0 aliphatic heterocycles. The van der Waals surface area contributed by atoms with Crippen molar-refractivity contribution >= 4 is 55.5 Å². The zero-order valence-electron chi connectivity index (χ0n) is 17.8. The van der Waals surface area contributed by atoms with Gasteiger partial charge in [0.1, 0.15) is 12.6 Å². The van der Waals surface area contributed by atoms with Gasteiger partial charge in [0.2, 0.25) is 5.91 Å². The van der Waals surface area contributed by atoms with Crippen molar-refractivity contribution in [1.29, 1.82) is 0 Å². The van der Waals surface area contributed by atoms with Gasteiger partial charge in [0.05, 0.1) is 6.42 Å². The van der Waals surface area contributed by atoms with Crippen molar-refractivity contribution in [3.63, 3.8) is 0 Å². The van der Waals surface area contributed by atoms with Crippen LogP contribution < -0.4 is 10.6 Å². The highest BCUT2D eigenvalue weighted by atomic mass is 79.9. The molecule has 1 aliphatic rings. The number of ether oxygens (including phenoxy) is 1. The third kappa shape index (κ3) is 5.48. The maximum absolute atomic E-state index is 12.7. The molecule has 9 heteroatoms. The number of carbonyl (C=O) groups is 3. The highest BCUT2D eigenvalue weighted by Gasteiger charge is 2.30. The van der Waals surface area contributed by atoms with Crippen molar-refractivity contribution in [2.45, 2.75) is 18.4 Å². The van der Waals surface area contributed by atoms with Gasteiger partial charge in [-0.25, -0.2) is 4.79 Å². The Bertz CT molecular complexity index is 1200. The van der Waals surface area contributed by atoms with E-state index in [2.05, 4.69) is 42.5 Å². The van der Waals surface area contributed by atoms with E-state index in [1.165, 1.54) is 0 Å². The molecule has 0 saturated heterocycles. The monoisotopic (exact) mass is 586 g/mol. The quantitative estimate of drug-likeness (QED) is 0.337. The Morgan fingerprint density at radius 1 is 0.912 bits per heavy atom. The van der Waals surface area contributed by atoms with Crippen molar-refractivity contribution < 1.29 is 24.2 Å². The second-order valence-electron chi connectivity index (χ2n) is 7.77. The van der Waals surface area contributed by atoms with Gasteiger partial charge in [0.15, 0.2) is 0 Å². The number of rotatable bonds is 7. The first kappa shape index (κ1) is 24.0. The van der Waals surface area contributed by atoms with Crippen molar-refractivity contribution in [2.75, 3.05) is 11.9 Å². The Morgan fingerprint density at radius 2 is 1.47 bits per heavy atom. The van der Waals surface area contributed by atoms with Crippen LogP contribution in [-0.4, -0.2) is 35.7 Å². The number of fused-ring (bicyclic) bond motifs is 3. The lowest BCUT2D eigenvalue weighted by Crippen LogP contribution is -2.45. The zero-order valence-corrected chi connectivity index (χ0v) is 20.9. The third-order valence-corrected chi connectivity index (χ3v) is 6.38. The van der Waals surface area contributed by atoms with Crippen molar-refractivity contribution in [2.24, 2.45) is 0 Å². The van der Waals surface area contributed by atoms with E-state index in [0.717, 1.165) is 31.2 Å². The number of anilines is 1. The summed E-state index contributed by atoms with van der Waals surface area (Å²) >= 11 is 6.66. The van der Waals surface area contributed by atoms with E-state index in [-0.39, 0.29) is 12.5 Å². The number of amides is 2. The minimum absolute atomic E-state index is 0.0554. The van der Waals surface area contributed by atoms with Gasteiger partial charge in [-0.15, -0.1) is 0 Å². The Balaban J connectivity index is 1.43. The summed E-state index contributed by atoms with van der Waals surface area (Å²) in [7, 11) is 0. The molecule has 7 nitrogen and oxygen atoms in total. The molecule has 3 aromatic rings. The predicted molar refractivity (Wildman–Crippen MR) is 135 cm³/mol. The summed E-state index contributed by atoms with van der Waals surface area (Å²) in [6, 6.07) is 19.7. The van der Waals surface area contributed by atoms with Gasteiger partial charge in [-0.1, -0.05) is 80.4 Å². The van der Waals surface area contributed by atoms with Crippen LogP contribution in [0.3, 0.4) is 0 Å². The van der Waals surface area contributed by atoms with Crippen LogP contribution in [-0.2, 0) is 14.3 Å². The van der Waals surface area contributed by atoms with E-state index >= 15 is 0 Å². The number of carboxylic acid groups (broad SMARTS) is 1. The van der Waals surface area contributed by atoms with Gasteiger partial charge in [-0.05, 0) is 40.5 Å². The number of hydrogen-bond acceptors (Lipinski definition) is 4. The Hall–Kier alpha value is -3.17. The van der Waals surface area contributed by atoms with Gasteiger partial charge < -0.3 is 20.5 Å². The smallest absolute Gasteiger partial charge is 0.407 e. The van der Waals surface area contributed by atoms with Crippen molar-refractivity contribution in [1.82, 2.24) is 5.32 Å². The summed E-state index contributed by atoms with van der Waals surface area (Å²) in [6.07, 6.45) is -1.45. The molecule has 174 valence electrons. The average molecular weight is 588 g/mol. The standard InChI is InChI=1S/C25H20Br2N2O5/c26-14-9-15(27)11-16(10-14)28-24(32)22(12-23(30)31)29-25(33)34-13-21-19-7-3-1-5-17(19)18-6-2-4-8-20(18)21/h1-11,21-22H,12-13H2,(H,28,32)(H,29,33)(H,30,31). The minimum atomic E-state index is -1.31. The van der Waals surface area contributed by atoms with Crippen LogP contribution >= 0.6 is 31.9 Å². The number of hydrogen-bond donors (Lipinski definition) is 3. The first-order valence-electron chi connectivity index (χ1n) is 10.4. The fourth-order valence-electron chi connectivity index (χ4n) is 4.02. The summed E-state index contributed by atoms with van der Waals surface area (Å²) in [4.78, 5) is 36.6. The fourth-order valence-corrected chi connectivity index (χ4v) is 5.32. The lowest BCUT2D eigenvalue weighted by molar-refractivity contribution is -0.139. The average Bonchev–Trinajstić information content (AvgIpc) is 3.10.